The van der Waals surface area contributed by atoms with Crippen LogP contribution in [0, 0.1) is 0 Å². The molecule has 0 saturated carbocycles. The van der Waals surface area contributed by atoms with Crippen molar-refractivity contribution in [1.29, 1.82) is 0 Å². The van der Waals surface area contributed by atoms with Crippen LogP contribution in [0.2, 0.25) is 0 Å². The highest BCUT2D eigenvalue weighted by atomic mass is 32.2. The third-order valence-corrected chi connectivity index (χ3v) is 5.10. The van der Waals surface area contributed by atoms with Crippen LogP contribution in [0.4, 0.5) is 0 Å². The molecule has 0 saturated heterocycles. The summed E-state index contributed by atoms with van der Waals surface area (Å²) in [5.74, 6) is -0.650. The highest BCUT2D eigenvalue weighted by molar-refractivity contribution is 7.89. The maximum absolute atomic E-state index is 12.2. The smallest absolute Gasteiger partial charge is 0.304 e. The van der Waals surface area contributed by atoms with Gasteiger partial charge in [0.15, 0.2) is 5.78 Å². The Morgan fingerprint density at radius 1 is 1.07 bits per heavy atom. The summed E-state index contributed by atoms with van der Waals surface area (Å²) in [5, 5.41) is 8.55. The van der Waals surface area contributed by atoms with Crippen LogP contribution in [0.25, 0.3) is 6.08 Å². The van der Waals surface area contributed by atoms with Gasteiger partial charge in [-0.15, -0.1) is 0 Å². The third-order valence-electron chi connectivity index (χ3n) is 3.62. The van der Waals surface area contributed by atoms with Gasteiger partial charge in [0.2, 0.25) is 10.0 Å². The van der Waals surface area contributed by atoms with Crippen molar-refractivity contribution in [3.8, 4) is 5.75 Å². The lowest BCUT2D eigenvalue weighted by Gasteiger charge is -2.06. The van der Waals surface area contributed by atoms with Gasteiger partial charge in [-0.1, -0.05) is 18.2 Å². The molecule has 0 fully saturated rings. The normalized spacial score (nSPS) is 11.4. The summed E-state index contributed by atoms with van der Waals surface area (Å²) in [6.07, 6.45) is 2.74. The molecule has 0 heterocycles. The van der Waals surface area contributed by atoms with E-state index in [1.54, 1.807) is 37.5 Å². The second-order valence-electron chi connectivity index (χ2n) is 5.54. The second kappa shape index (κ2) is 9.11. The van der Waals surface area contributed by atoms with E-state index in [-0.39, 0.29) is 23.6 Å². The molecule has 0 aromatic heterocycles. The molecular formula is C19H19NO6S. The van der Waals surface area contributed by atoms with Crippen LogP contribution in [0.3, 0.4) is 0 Å². The Morgan fingerprint density at radius 3 is 2.26 bits per heavy atom. The number of ketones is 1. The van der Waals surface area contributed by atoms with E-state index in [4.69, 9.17) is 9.84 Å². The summed E-state index contributed by atoms with van der Waals surface area (Å²) in [4.78, 5) is 22.6. The minimum atomic E-state index is -3.81. The number of sulfonamides is 1. The van der Waals surface area contributed by atoms with Crippen LogP contribution in [-0.2, 0) is 14.8 Å². The van der Waals surface area contributed by atoms with Crippen LogP contribution in [0.5, 0.6) is 5.75 Å². The topological polar surface area (TPSA) is 110 Å². The summed E-state index contributed by atoms with van der Waals surface area (Å²) >= 11 is 0. The van der Waals surface area contributed by atoms with Gasteiger partial charge in [-0.25, -0.2) is 13.1 Å². The molecule has 0 aliphatic rings. The molecule has 0 aliphatic carbocycles. The first-order valence-electron chi connectivity index (χ1n) is 8.00. The lowest BCUT2D eigenvalue weighted by atomic mass is 10.1. The summed E-state index contributed by atoms with van der Waals surface area (Å²) in [6, 6.07) is 12.6. The first-order valence-corrected chi connectivity index (χ1v) is 9.48. The summed E-state index contributed by atoms with van der Waals surface area (Å²) < 4.78 is 31.3. The fourth-order valence-electron chi connectivity index (χ4n) is 2.16. The summed E-state index contributed by atoms with van der Waals surface area (Å²) in [6.45, 7) is -0.205. The van der Waals surface area contributed by atoms with Gasteiger partial charge in [0.1, 0.15) is 5.75 Å². The number of carboxylic acid groups (broad SMARTS) is 1. The van der Waals surface area contributed by atoms with Crippen molar-refractivity contribution in [2.24, 2.45) is 0 Å². The van der Waals surface area contributed by atoms with Crippen molar-refractivity contribution < 1.29 is 27.9 Å². The molecule has 0 radical (unpaired) electrons. The van der Waals surface area contributed by atoms with Crippen molar-refractivity contribution in [3.05, 3.63) is 65.7 Å². The molecule has 142 valence electrons. The number of rotatable bonds is 9. The number of carboxylic acids is 1. The van der Waals surface area contributed by atoms with Gasteiger partial charge in [-0.3, -0.25) is 9.59 Å². The lowest BCUT2D eigenvalue weighted by molar-refractivity contribution is -0.136. The van der Waals surface area contributed by atoms with E-state index in [1.165, 1.54) is 30.3 Å². The Bertz CT molecular complexity index is 931. The van der Waals surface area contributed by atoms with E-state index >= 15 is 0 Å². The van der Waals surface area contributed by atoms with Crippen molar-refractivity contribution in [2.45, 2.75) is 11.3 Å². The van der Waals surface area contributed by atoms with Gasteiger partial charge in [0.05, 0.1) is 18.4 Å². The van der Waals surface area contributed by atoms with E-state index in [9.17, 15) is 18.0 Å². The Hall–Kier alpha value is -2.97. The van der Waals surface area contributed by atoms with Gasteiger partial charge < -0.3 is 9.84 Å². The zero-order valence-corrected chi connectivity index (χ0v) is 15.4. The van der Waals surface area contributed by atoms with Crippen molar-refractivity contribution >= 4 is 27.9 Å². The van der Waals surface area contributed by atoms with E-state index in [2.05, 4.69) is 4.72 Å². The fourth-order valence-corrected chi connectivity index (χ4v) is 3.19. The van der Waals surface area contributed by atoms with E-state index in [0.29, 0.717) is 11.3 Å². The van der Waals surface area contributed by atoms with Crippen LogP contribution in [0.1, 0.15) is 22.3 Å². The molecule has 0 spiro atoms. The van der Waals surface area contributed by atoms with Gasteiger partial charge in [-0.05, 0) is 48.0 Å². The molecule has 2 N–H and O–H groups in total. The zero-order chi connectivity index (χ0) is 19.9. The largest absolute Gasteiger partial charge is 0.497 e. The minimum absolute atomic E-state index is 0.0384. The molecule has 2 aromatic carbocycles. The maximum atomic E-state index is 12.2. The Balaban J connectivity index is 2.03. The molecular weight excluding hydrogens is 370 g/mol. The van der Waals surface area contributed by atoms with Crippen molar-refractivity contribution in [2.75, 3.05) is 13.7 Å². The number of nitrogens with one attached hydrogen (secondary N) is 1. The van der Waals surface area contributed by atoms with Gasteiger partial charge in [-0.2, -0.15) is 0 Å². The second-order valence-corrected chi connectivity index (χ2v) is 7.30. The van der Waals surface area contributed by atoms with Gasteiger partial charge >= 0.3 is 5.97 Å². The Kier molecular flexibility index (Phi) is 6.86. The standard InChI is InChI=1S/C19H19NO6S/c1-26-16-7-2-14(3-8-16)4-11-18(21)15-5-9-17(10-6-15)27(24,25)20-13-12-19(22)23/h2-11,20H,12-13H2,1H3,(H,22,23)/b11-4+. The number of carbonyl (C=O) groups is 2. The van der Waals surface area contributed by atoms with Gasteiger partial charge in [0.25, 0.3) is 0 Å². The van der Waals surface area contributed by atoms with E-state index in [0.717, 1.165) is 5.56 Å². The number of carbonyl (C=O) groups excluding carboxylic acids is 1. The third kappa shape index (κ3) is 6.05. The maximum Gasteiger partial charge on any atom is 0.304 e. The Labute approximate surface area is 157 Å². The minimum Gasteiger partial charge on any atom is -0.497 e. The van der Waals surface area contributed by atoms with Crippen LogP contribution >= 0.6 is 0 Å². The summed E-state index contributed by atoms with van der Waals surface area (Å²) in [5.41, 5.74) is 1.16. The quantitative estimate of drug-likeness (QED) is 0.503. The molecule has 8 heteroatoms. The average molecular weight is 389 g/mol. The predicted octanol–water partition coefficient (Wildman–Crippen LogP) is 2.34. The first kappa shape index (κ1) is 20.3. The van der Waals surface area contributed by atoms with Crippen molar-refractivity contribution in [3.63, 3.8) is 0 Å². The molecule has 7 nitrogen and oxygen atoms in total. The Morgan fingerprint density at radius 2 is 1.70 bits per heavy atom. The molecule has 0 bridgehead atoms. The number of benzene rings is 2. The number of methoxy groups -OCH3 is 1. The molecule has 0 unspecified atom stereocenters. The molecule has 2 aromatic rings. The molecule has 27 heavy (non-hydrogen) atoms. The van der Waals surface area contributed by atoms with E-state index < -0.39 is 16.0 Å². The lowest BCUT2D eigenvalue weighted by Crippen LogP contribution is -2.26. The van der Waals surface area contributed by atoms with Crippen LogP contribution in [0.15, 0.2) is 59.5 Å². The summed E-state index contributed by atoms with van der Waals surface area (Å²) in [7, 11) is -2.25. The zero-order valence-electron chi connectivity index (χ0n) is 14.6. The highest BCUT2D eigenvalue weighted by Gasteiger charge is 2.14. The van der Waals surface area contributed by atoms with Crippen LogP contribution < -0.4 is 9.46 Å². The number of hydrogen-bond donors (Lipinski definition) is 2. The van der Waals surface area contributed by atoms with E-state index in [1.807, 2.05) is 0 Å². The number of ether oxygens (including phenoxy) is 1. The molecule has 0 amide bonds. The predicted molar refractivity (Wildman–Crippen MR) is 100 cm³/mol. The fraction of sp³-hybridized carbons (Fsp3) is 0.158. The van der Waals surface area contributed by atoms with Crippen LogP contribution in [-0.4, -0.2) is 38.9 Å². The average Bonchev–Trinajstić information content (AvgIpc) is 2.66. The number of hydrogen-bond acceptors (Lipinski definition) is 5. The number of allylic oxidation sites excluding steroid dienone is 1. The monoisotopic (exact) mass is 389 g/mol. The number of aliphatic carboxylic acids is 1. The van der Waals surface area contributed by atoms with Gasteiger partial charge in [0, 0.05) is 12.1 Å². The molecule has 0 atom stereocenters. The SMILES string of the molecule is COc1ccc(/C=C/C(=O)c2ccc(S(=O)(=O)NCCC(=O)O)cc2)cc1. The van der Waals surface area contributed by atoms with Crippen molar-refractivity contribution in [1.82, 2.24) is 4.72 Å². The highest BCUT2D eigenvalue weighted by Crippen LogP contribution is 2.14. The molecule has 2 rings (SSSR count). The molecule has 0 aliphatic heterocycles. The first-order chi connectivity index (χ1) is 12.8.